The Labute approximate surface area is 123 Å². The summed E-state index contributed by atoms with van der Waals surface area (Å²) in [6.45, 7) is 0.630. The molecule has 21 heavy (non-hydrogen) atoms. The second-order valence-electron chi connectivity index (χ2n) is 4.74. The van der Waals surface area contributed by atoms with E-state index in [2.05, 4.69) is 0 Å². The van der Waals surface area contributed by atoms with Crippen molar-refractivity contribution in [3.05, 3.63) is 39.9 Å². The van der Waals surface area contributed by atoms with Crippen molar-refractivity contribution in [3.8, 4) is 0 Å². The molecular weight excluding hydrogens is 276 g/mol. The van der Waals surface area contributed by atoms with Crippen LogP contribution in [0, 0.1) is 10.1 Å². The number of hydrogen-bond donors (Lipinski definition) is 1. The van der Waals surface area contributed by atoms with Crippen LogP contribution in [0.25, 0.3) is 0 Å². The zero-order valence-corrected chi connectivity index (χ0v) is 12.2. The normalized spacial score (nSPS) is 11.3. The summed E-state index contributed by atoms with van der Waals surface area (Å²) >= 11 is 0. The Morgan fingerprint density at radius 2 is 1.86 bits per heavy atom. The number of nitro groups is 1. The van der Waals surface area contributed by atoms with Gasteiger partial charge >= 0.3 is 0 Å². The lowest BCUT2D eigenvalue weighted by molar-refractivity contribution is -0.385. The van der Waals surface area contributed by atoms with Crippen LogP contribution in [0.3, 0.4) is 0 Å². The van der Waals surface area contributed by atoms with E-state index in [1.165, 1.54) is 26.4 Å². The highest BCUT2D eigenvalue weighted by molar-refractivity contribution is 5.87. The molecule has 1 rings (SSSR count). The molecule has 0 aliphatic rings. The zero-order valence-electron chi connectivity index (χ0n) is 12.2. The number of hydrogen-bond acceptors (Lipinski definition) is 5. The number of benzene rings is 1. The summed E-state index contributed by atoms with van der Waals surface area (Å²) in [7, 11) is 3.05. The van der Waals surface area contributed by atoms with Crippen molar-refractivity contribution in [3.63, 3.8) is 0 Å². The van der Waals surface area contributed by atoms with Crippen molar-refractivity contribution in [2.45, 2.75) is 18.3 Å². The SMILES string of the molecule is COCCC(CCOC)(C(N)=O)c1cccc([N+](=O)[O-])c1. The number of nitrogens with zero attached hydrogens (tertiary/aromatic N) is 1. The molecule has 0 aliphatic carbocycles. The molecule has 0 spiro atoms. The number of methoxy groups -OCH3 is 2. The van der Waals surface area contributed by atoms with Gasteiger partial charge in [-0.15, -0.1) is 0 Å². The molecule has 0 aliphatic heterocycles. The Kier molecular flexibility index (Phi) is 6.26. The van der Waals surface area contributed by atoms with E-state index in [4.69, 9.17) is 15.2 Å². The molecule has 116 valence electrons. The van der Waals surface area contributed by atoms with Crippen LogP contribution in [0.15, 0.2) is 24.3 Å². The summed E-state index contributed by atoms with van der Waals surface area (Å²) in [5.41, 5.74) is 4.98. The van der Waals surface area contributed by atoms with Crippen molar-refractivity contribution in [1.29, 1.82) is 0 Å². The molecule has 7 heteroatoms. The van der Waals surface area contributed by atoms with Crippen LogP contribution in [-0.2, 0) is 19.7 Å². The third-order valence-corrected chi connectivity index (χ3v) is 3.55. The van der Waals surface area contributed by atoms with E-state index in [0.717, 1.165) is 0 Å². The lowest BCUT2D eigenvalue weighted by Crippen LogP contribution is -2.43. The smallest absolute Gasteiger partial charge is 0.269 e. The molecule has 1 aromatic rings. The van der Waals surface area contributed by atoms with Crippen molar-refractivity contribution in [2.75, 3.05) is 27.4 Å². The molecule has 0 heterocycles. The van der Waals surface area contributed by atoms with Gasteiger partial charge in [-0.05, 0) is 18.4 Å². The first-order chi connectivity index (χ1) is 9.97. The fourth-order valence-electron chi connectivity index (χ4n) is 2.27. The van der Waals surface area contributed by atoms with Crippen LogP contribution in [0.2, 0.25) is 0 Å². The number of primary amides is 1. The first-order valence-corrected chi connectivity index (χ1v) is 6.50. The summed E-state index contributed by atoms with van der Waals surface area (Å²) < 4.78 is 10.1. The second kappa shape index (κ2) is 7.70. The largest absolute Gasteiger partial charge is 0.385 e. The molecule has 7 nitrogen and oxygen atoms in total. The van der Waals surface area contributed by atoms with Crippen molar-refractivity contribution < 1.29 is 19.2 Å². The number of ether oxygens (including phenoxy) is 2. The lowest BCUT2D eigenvalue weighted by Gasteiger charge is -2.30. The molecule has 0 aromatic heterocycles. The second-order valence-corrected chi connectivity index (χ2v) is 4.74. The van der Waals surface area contributed by atoms with E-state index >= 15 is 0 Å². The molecule has 0 bridgehead atoms. The molecule has 2 N–H and O–H groups in total. The lowest BCUT2D eigenvalue weighted by atomic mass is 9.74. The molecule has 0 fully saturated rings. The zero-order chi connectivity index (χ0) is 15.9. The van der Waals surface area contributed by atoms with Crippen LogP contribution in [0.4, 0.5) is 5.69 Å². The van der Waals surface area contributed by atoms with E-state index in [-0.39, 0.29) is 5.69 Å². The Balaban J connectivity index is 3.28. The fraction of sp³-hybridized carbons (Fsp3) is 0.500. The van der Waals surface area contributed by atoms with Crippen LogP contribution < -0.4 is 5.73 Å². The Hall–Kier alpha value is -1.99. The average Bonchev–Trinajstić information content (AvgIpc) is 2.47. The van der Waals surface area contributed by atoms with Crippen molar-refractivity contribution >= 4 is 11.6 Å². The summed E-state index contributed by atoms with van der Waals surface area (Å²) in [6, 6.07) is 5.98. The minimum Gasteiger partial charge on any atom is -0.385 e. The number of nitro benzene ring substituents is 1. The van der Waals surface area contributed by atoms with Gasteiger partial charge in [-0.1, -0.05) is 12.1 Å². The summed E-state index contributed by atoms with van der Waals surface area (Å²) in [5, 5.41) is 10.9. The first kappa shape index (κ1) is 17.1. The molecule has 0 radical (unpaired) electrons. The maximum Gasteiger partial charge on any atom is 0.269 e. The van der Waals surface area contributed by atoms with Crippen molar-refractivity contribution in [2.24, 2.45) is 5.73 Å². The fourth-order valence-corrected chi connectivity index (χ4v) is 2.27. The van der Waals surface area contributed by atoms with Crippen LogP contribution >= 0.6 is 0 Å². The summed E-state index contributed by atoms with van der Waals surface area (Å²) in [4.78, 5) is 22.5. The van der Waals surface area contributed by atoms with Gasteiger partial charge in [0.15, 0.2) is 0 Å². The van der Waals surface area contributed by atoms with E-state index in [1.54, 1.807) is 12.1 Å². The van der Waals surface area contributed by atoms with E-state index in [9.17, 15) is 14.9 Å². The van der Waals surface area contributed by atoms with Gasteiger partial charge in [0.25, 0.3) is 5.69 Å². The van der Waals surface area contributed by atoms with E-state index < -0.39 is 16.2 Å². The number of nitrogens with two attached hydrogens (primary N) is 1. The molecule has 0 unspecified atom stereocenters. The van der Waals surface area contributed by atoms with Gasteiger partial charge < -0.3 is 15.2 Å². The van der Waals surface area contributed by atoms with Gasteiger partial charge in [0.1, 0.15) is 0 Å². The van der Waals surface area contributed by atoms with Crippen LogP contribution in [0.1, 0.15) is 18.4 Å². The topological polar surface area (TPSA) is 105 Å². The molecule has 1 aromatic carbocycles. The van der Waals surface area contributed by atoms with Gasteiger partial charge in [0.05, 0.1) is 10.3 Å². The van der Waals surface area contributed by atoms with Gasteiger partial charge in [0.2, 0.25) is 5.91 Å². The number of carbonyl (C=O) groups is 1. The minimum absolute atomic E-state index is 0.0760. The van der Waals surface area contributed by atoms with Crippen LogP contribution in [0.5, 0.6) is 0 Å². The quantitative estimate of drug-likeness (QED) is 0.547. The Morgan fingerprint density at radius 3 is 2.29 bits per heavy atom. The number of non-ortho nitro benzene ring substituents is 1. The first-order valence-electron chi connectivity index (χ1n) is 6.50. The van der Waals surface area contributed by atoms with Crippen molar-refractivity contribution in [1.82, 2.24) is 0 Å². The highest BCUT2D eigenvalue weighted by Gasteiger charge is 2.38. The third kappa shape index (κ3) is 3.99. The minimum atomic E-state index is -1.04. The number of carbonyl (C=O) groups excluding carboxylic acids is 1. The molecule has 0 saturated heterocycles. The van der Waals surface area contributed by atoms with Gasteiger partial charge in [-0.3, -0.25) is 14.9 Å². The highest BCUT2D eigenvalue weighted by atomic mass is 16.6. The summed E-state index contributed by atoms with van der Waals surface area (Å²) in [5.74, 6) is -0.544. The van der Waals surface area contributed by atoms with E-state index in [1.807, 2.05) is 0 Å². The maximum atomic E-state index is 12.1. The Bertz CT molecular complexity index is 496. The van der Waals surface area contributed by atoms with Gasteiger partial charge in [-0.2, -0.15) is 0 Å². The molecule has 0 atom stereocenters. The highest BCUT2D eigenvalue weighted by Crippen LogP contribution is 2.33. The standard InChI is InChI=1S/C14H20N2O5/c1-20-8-6-14(13(15)17,7-9-21-2)11-4-3-5-12(10-11)16(18)19/h3-5,10H,6-9H2,1-2H3,(H2,15,17). The van der Waals surface area contributed by atoms with Gasteiger partial charge in [-0.25, -0.2) is 0 Å². The van der Waals surface area contributed by atoms with Gasteiger partial charge in [0, 0.05) is 39.6 Å². The van der Waals surface area contributed by atoms with E-state index in [0.29, 0.717) is 31.6 Å². The summed E-state index contributed by atoms with van der Waals surface area (Å²) in [6.07, 6.45) is 0.673. The number of rotatable bonds is 9. The third-order valence-electron chi connectivity index (χ3n) is 3.55. The maximum absolute atomic E-state index is 12.1. The average molecular weight is 296 g/mol. The molecule has 0 saturated carbocycles. The predicted octanol–water partition coefficient (Wildman–Crippen LogP) is 1.39. The Morgan fingerprint density at radius 1 is 1.29 bits per heavy atom. The number of amides is 1. The predicted molar refractivity (Wildman–Crippen MR) is 77.0 cm³/mol. The molecule has 1 amide bonds. The monoisotopic (exact) mass is 296 g/mol. The van der Waals surface area contributed by atoms with Crippen LogP contribution in [-0.4, -0.2) is 38.3 Å². The molecular formula is C14H20N2O5.